The van der Waals surface area contributed by atoms with Gasteiger partial charge in [0.1, 0.15) is 18.1 Å². The molecular weight excluding hydrogens is 258 g/mol. The number of nitrogen functional groups attached to an aromatic ring is 1. The summed E-state index contributed by atoms with van der Waals surface area (Å²) in [6, 6.07) is 12.6. The summed E-state index contributed by atoms with van der Waals surface area (Å²) in [6.07, 6.45) is 0. The molecule has 0 aliphatic heterocycles. The van der Waals surface area contributed by atoms with E-state index in [1.54, 1.807) is 35.6 Å². The summed E-state index contributed by atoms with van der Waals surface area (Å²) in [5, 5.41) is 12.5. The van der Waals surface area contributed by atoms with Gasteiger partial charge in [-0.15, -0.1) is 11.3 Å². The molecule has 2 aromatic carbocycles. The van der Waals surface area contributed by atoms with Crippen LogP contribution in [0.15, 0.2) is 47.8 Å². The molecule has 0 unspecified atom stereocenters. The fraction of sp³-hybridized carbons (Fsp3) is 0.0667. The normalized spacial score (nSPS) is 10.7. The summed E-state index contributed by atoms with van der Waals surface area (Å²) in [5.74, 6) is 0.983. The first-order valence-electron chi connectivity index (χ1n) is 5.90. The molecule has 0 spiro atoms. The third-order valence-corrected chi connectivity index (χ3v) is 3.90. The molecule has 96 valence electrons. The van der Waals surface area contributed by atoms with E-state index in [2.05, 4.69) is 5.38 Å². The van der Waals surface area contributed by atoms with Crippen LogP contribution in [0.1, 0.15) is 5.56 Å². The Kier molecular flexibility index (Phi) is 3.01. The molecule has 19 heavy (non-hydrogen) atoms. The molecule has 3 aromatic rings. The molecule has 0 saturated carbocycles. The minimum Gasteiger partial charge on any atom is -0.508 e. The predicted octanol–water partition coefficient (Wildman–Crippen LogP) is 3.77. The molecule has 1 aromatic heterocycles. The Bertz CT molecular complexity index is 704. The molecule has 3 N–H and O–H groups in total. The molecular formula is C15H13NO2S. The summed E-state index contributed by atoms with van der Waals surface area (Å²) in [6.45, 7) is 0.509. The zero-order valence-corrected chi connectivity index (χ0v) is 11.0. The quantitative estimate of drug-likeness (QED) is 0.713. The first-order valence-corrected chi connectivity index (χ1v) is 6.78. The van der Waals surface area contributed by atoms with Crippen molar-refractivity contribution in [2.75, 3.05) is 5.73 Å². The van der Waals surface area contributed by atoms with Crippen molar-refractivity contribution >= 4 is 27.1 Å². The molecule has 0 fully saturated rings. The maximum atomic E-state index is 9.21. The SMILES string of the molecule is Nc1ccc2c(COc3ccc(O)cc3)csc2c1. The van der Waals surface area contributed by atoms with Crippen molar-refractivity contribution < 1.29 is 9.84 Å². The van der Waals surface area contributed by atoms with E-state index in [1.807, 2.05) is 18.2 Å². The summed E-state index contributed by atoms with van der Waals surface area (Å²) in [4.78, 5) is 0. The fourth-order valence-corrected chi connectivity index (χ4v) is 2.91. The van der Waals surface area contributed by atoms with Gasteiger partial charge in [0.25, 0.3) is 0 Å². The first kappa shape index (κ1) is 11.9. The number of fused-ring (bicyclic) bond motifs is 1. The van der Waals surface area contributed by atoms with Crippen LogP contribution >= 0.6 is 11.3 Å². The number of hydrogen-bond donors (Lipinski definition) is 2. The lowest BCUT2D eigenvalue weighted by Gasteiger charge is -2.05. The van der Waals surface area contributed by atoms with Crippen LogP contribution in [-0.2, 0) is 6.61 Å². The molecule has 0 aliphatic carbocycles. The topological polar surface area (TPSA) is 55.5 Å². The molecule has 1 heterocycles. The van der Waals surface area contributed by atoms with Crippen LogP contribution in [0.3, 0.4) is 0 Å². The summed E-state index contributed by atoms with van der Waals surface area (Å²) in [5.41, 5.74) is 7.69. The van der Waals surface area contributed by atoms with Crippen LogP contribution in [0.4, 0.5) is 5.69 Å². The molecule has 0 aliphatic rings. The van der Waals surface area contributed by atoms with E-state index in [0.29, 0.717) is 6.61 Å². The van der Waals surface area contributed by atoms with Gasteiger partial charge in [0.15, 0.2) is 0 Å². The second-order valence-electron chi connectivity index (χ2n) is 4.30. The van der Waals surface area contributed by atoms with Gasteiger partial charge in [-0.1, -0.05) is 6.07 Å². The van der Waals surface area contributed by atoms with E-state index in [-0.39, 0.29) is 5.75 Å². The van der Waals surface area contributed by atoms with Crippen molar-refractivity contribution in [3.8, 4) is 11.5 Å². The van der Waals surface area contributed by atoms with E-state index < -0.39 is 0 Å². The Labute approximate surface area is 114 Å². The molecule has 4 heteroatoms. The van der Waals surface area contributed by atoms with Crippen molar-refractivity contribution in [1.82, 2.24) is 0 Å². The molecule has 0 bridgehead atoms. The smallest absolute Gasteiger partial charge is 0.120 e. The Morgan fingerprint density at radius 2 is 1.89 bits per heavy atom. The monoisotopic (exact) mass is 271 g/mol. The minimum absolute atomic E-state index is 0.240. The number of phenolic OH excluding ortho intramolecular Hbond substituents is 1. The highest BCUT2D eigenvalue weighted by molar-refractivity contribution is 7.17. The maximum absolute atomic E-state index is 9.21. The lowest BCUT2D eigenvalue weighted by Crippen LogP contribution is -1.94. The lowest BCUT2D eigenvalue weighted by atomic mass is 10.2. The van der Waals surface area contributed by atoms with Crippen molar-refractivity contribution in [3.05, 3.63) is 53.4 Å². The molecule has 0 atom stereocenters. The van der Waals surface area contributed by atoms with Crippen LogP contribution in [-0.4, -0.2) is 5.11 Å². The predicted molar refractivity (Wildman–Crippen MR) is 78.7 cm³/mol. The Morgan fingerprint density at radius 3 is 2.68 bits per heavy atom. The number of phenols is 1. The first-order chi connectivity index (χ1) is 9.22. The second kappa shape index (κ2) is 4.82. The summed E-state index contributed by atoms with van der Waals surface area (Å²) < 4.78 is 6.88. The number of benzene rings is 2. The molecule has 0 amide bonds. The van der Waals surface area contributed by atoms with Crippen molar-refractivity contribution in [2.45, 2.75) is 6.61 Å². The zero-order chi connectivity index (χ0) is 13.2. The summed E-state index contributed by atoms with van der Waals surface area (Å²) >= 11 is 1.67. The standard InChI is InChI=1S/C15H13NO2S/c16-11-1-6-14-10(9-19-15(14)7-11)8-18-13-4-2-12(17)3-5-13/h1-7,9,17H,8,16H2. The molecule has 3 rings (SSSR count). The molecule has 0 saturated heterocycles. The second-order valence-corrected chi connectivity index (χ2v) is 5.21. The highest BCUT2D eigenvalue weighted by Gasteiger charge is 2.05. The van der Waals surface area contributed by atoms with Crippen LogP contribution in [0.25, 0.3) is 10.1 Å². The van der Waals surface area contributed by atoms with Crippen LogP contribution in [0.2, 0.25) is 0 Å². The van der Waals surface area contributed by atoms with Crippen molar-refractivity contribution in [3.63, 3.8) is 0 Å². The van der Waals surface area contributed by atoms with E-state index in [0.717, 1.165) is 17.0 Å². The highest BCUT2D eigenvalue weighted by atomic mass is 32.1. The molecule has 0 radical (unpaired) electrons. The molecule has 3 nitrogen and oxygen atoms in total. The van der Waals surface area contributed by atoms with Gasteiger partial charge in [-0.25, -0.2) is 0 Å². The van der Waals surface area contributed by atoms with E-state index in [1.165, 1.54) is 10.1 Å². The van der Waals surface area contributed by atoms with Crippen LogP contribution < -0.4 is 10.5 Å². The summed E-state index contributed by atoms with van der Waals surface area (Å²) in [7, 11) is 0. The van der Waals surface area contributed by atoms with Gasteiger partial charge in [-0.05, 0) is 47.2 Å². The van der Waals surface area contributed by atoms with Gasteiger partial charge in [0, 0.05) is 16.0 Å². The lowest BCUT2D eigenvalue weighted by molar-refractivity contribution is 0.307. The van der Waals surface area contributed by atoms with E-state index >= 15 is 0 Å². The Hall–Kier alpha value is -2.20. The van der Waals surface area contributed by atoms with E-state index in [4.69, 9.17) is 10.5 Å². The van der Waals surface area contributed by atoms with Gasteiger partial charge in [-0.2, -0.15) is 0 Å². The van der Waals surface area contributed by atoms with Gasteiger partial charge in [-0.3, -0.25) is 0 Å². The van der Waals surface area contributed by atoms with Gasteiger partial charge < -0.3 is 15.6 Å². The van der Waals surface area contributed by atoms with Gasteiger partial charge >= 0.3 is 0 Å². The third-order valence-electron chi connectivity index (χ3n) is 2.91. The van der Waals surface area contributed by atoms with Gasteiger partial charge in [0.05, 0.1) is 0 Å². The zero-order valence-electron chi connectivity index (χ0n) is 10.2. The average Bonchev–Trinajstić information content (AvgIpc) is 2.80. The minimum atomic E-state index is 0.240. The number of ether oxygens (including phenoxy) is 1. The van der Waals surface area contributed by atoms with Gasteiger partial charge in [0.2, 0.25) is 0 Å². The van der Waals surface area contributed by atoms with Crippen molar-refractivity contribution in [2.24, 2.45) is 0 Å². The van der Waals surface area contributed by atoms with Crippen LogP contribution in [0, 0.1) is 0 Å². The van der Waals surface area contributed by atoms with Crippen molar-refractivity contribution in [1.29, 1.82) is 0 Å². The Morgan fingerprint density at radius 1 is 1.11 bits per heavy atom. The number of anilines is 1. The van der Waals surface area contributed by atoms with E-state index in [9.17, 15) is 5.11 Å². The number of aromatic hydroxyl groups is 1. The van der Waals surface area contributed by atoms with Crippen LogP contribution in [0.5, 0.6) is 11.5 Å². The third kappa shape index (κ3) is 2.48. The average molecular weight is 271 g/mol. The highest BCUT2D eigenvalue weighted by Crippen LogP contribution is 2.28. The number of thiophene rings is 1. The number of hydrogen-bond acceptors (Lipinski definition) is 4. The maximum Gasteiger partial charge on any atom is 0.120 e. The fourth-order valence-electron chi connectivity index (χ4n) is 1.92. The number of rotatable bonds is 3. The Balaban J connectivity index is 1.80. The largest absolute Gasteiger partial charge is 0.508 e. The number of nitrogens with two attached hydrogens (primary N) is 1.